The van der Waals surface area contributed by atoms with Crippen molar-refractivity contribution in [1.29, 1.82) is 5.26 Å². The van der Waals surface area contributed by atoms with Crippen molar-refractivity contribution < 1.29 is 17.2 Å². The zero-order valence-corrected chi connectivity index (χ0v) is 8.17. The summed E-state index contributed by atoms with van der Waals surface area (Å²) in [5, 5.41) is 8.55. The van der Waals surface area contributed by atoms with Crippen LogP contribution in [0.15, 0.2) is 0 Å². The topological polar surface area (TPSA) is 61.2 Å². The molecule has 80 valence electrons. The molecule has 1 saturated heterocycles. The van der Waals surface area contributed by atoms with Crippen LogP contribution < -0.4 is 0 Å². The summed E-state index contributed by atoms with van der Waals surface area (Å²) < 4.78 is 47.0. The first-order valence-corrected chi connectivity index (χ1v) is 5.65. The SMILES string of the molecule is N#CC1CCCN(S(=O)(=O)C(F)F)C1. The highest BCUT2D eigenvalue weighted by Crippen LogP contribution is 2.21. The number of halogens is 2. The highest BCUT2D eigenvalue weighted by Gasteiger charge is 2.35. The molecule has 0 aromatic rings. The third-order valence-corrected chi connectivity index (χ3v) is 3.65. The molecule has 0 aliphatic carbocycles. The summed E-state index contributed by atoms with van der Waals surface area (Å²) in [6.07, 6.45) is 1.04. The second kappa shape index (κ2) is 4.19. The van der Waals surface area contributed by atoms with Crippen molar-refractivity contribution >= 4 is 10.0 Å². The molecule has 1 unspecified atom stereocenters. The highest BCUT2D eigenvalue weighted by atomic mass is 32.2. The number of sulfonamides is 1. The Morgan fingerprint density at radius 1 is 1.50 bits per heavy atom. The van der Waals surface area contributed by atoms with E-state index in [1.54, 1.807) is 0 Å². The van der Waals surface area contributed by atoms with Crippen LogP contribution in [0.4, 0.5) is 8.78 Å². The number of hydrogen-bond donors (Lipinski definition) is 0. The van der Waals surface area contributed by atoms with Crippen LogP contribution in [0.3, 0.4) is 0 Å². The maximum Gasteiger partial charge on any atom is 0.350 e. The molecule has 0 aromatic carbocycles. The van der Waals surface area contributed by atoms with Gasteiger partial charge in [0.25, 0.3) is 10.0 Å². The average molecular weight is 224 g/mol. The molecule has 1 atom stereocenters. The molecule has 1 aliphatic heterocycles. The fraction of sp³-hybridized carbons (Fsp3) is 0.857. The van der Waals surface area contributed by atoms with Gasteiger partial charge in [-0.15, -0.1) is 0 Å². The lowest BCUT2D eigenvalue weighted by Gasteiger charge is -2.28. The summed E-state index contributed by atoms with van der Waals surface area (Å²) in [6.45, 7) is -0.0198. The second-order valence-corrected chi connectivity index (χ2v) is 5.03. The standard InChI is InChI=1S/C7H10F2N2O2S/c8-7(9)14(12,13)11-3-1-2-6(4-10)5-11/h6-7H,1-3,5H2. The van der Waals surface area contributed by atoms with E-state index < -0.39 is 21.7 Å². The van der Waals surface area contributed by atoms with E-state index in [1.807, 2.05) is 6.07 Å². The van der Waals surface area contributed by atoms with Crippen LogP contribution in [-0.4, -0.2) is 31.6 Å². The first-order chi connectivity index (χ1) is 6.48. The maximum absolute atomic E-state index is 12.1. The van der Waals surface area contributed by atoms with E-state index >= 15 is 0 Å². The van der Waals surface area contributed by atoms with Crippen LogP contribution in [0.5, 0.6) is 0 Å². The number of alkyl halides is 2. The van der Waals surface area contributed by atoms with Gasteiger partial charge < -0.3 is 0 Å². The van der Waals surface area contributed by atoms with Gasteiger partial charge in [-0.05, 0) is 12.8 Å². The van der Waals surface area contributed by atoms with E-state index in [0.29, 0.717) is 17.1 Å². The molecule has 1 rings (SSSR count). The molecule has 0 amide bonds. The van der Waals surface area contributed by atoms with Gasteiger partial charge in [0.1, 0.15) is 0 Å². The molecule has 1 aliphatic rings. The Balaban J connectivity index is 2.75. The summed E-state index contributed by atoms with van der Waals surface area (Å²) in [5.41, 5.74) is 0. The van der Waals surface area contributed by atoms with Crippen molar-refractivity contribution in [3.63, 3.8) is 0 Å². The Morgan fingerprint density at radius 2 is 2.14 bits per heavy atom. The lowest BCUT2D eigenvalue weighted by atomic mass is 10.0. The molecule has 4 nitrogen and oxygen atoms in total. The second-order valence-electron chi connectivity index (χ2n) is 3.13. The van der Waals surface area contributed by atoms with Crippen LogP contribution in [-0.2, 0) is 10.0 Å². The molecule has 0 bridgehead atoms. The van der Waals surface area contributed by atoms with Gasteiger partial charge in [0, 0.05) is 13.1 Å². The van der Waals surface area contributed by atoms with Crippen molar-refractivity contribution in [3.8, 4) is 6.07 Å². The lowest BCUT2D eigenvalue weighted by molar-refractivity contribution is 0.208. The molecular weight excluding hydrogens is 214 g/mol. The molecule has 0 saturated carbocycles. The van der Waals surface area contributed by atoms with Gasteiger partial charge in [0.15, 0.2) is 0 Å². The quantitative estimate of drug-likeness (QED) is 0.696. The summed E-state index contributed by atoms with van der Waals surface area (Å²) >= 11 is 0. The van der Waals surface area contributed by atoms with Crippen LogP contribution in [0.1, 0.15) is 12.8 Å². The minimum atomic E-state index is -4.49. The largest absolute Gasteiger partial charge is 0.350 e. The van der Waals surface area contributed by atoms with E-state index in [-0.39, 0.29) is 13.1 Å². The fourth-order valence-corrected chi connectivity index (χ4v) is 2.39. The third kappa shape index (κ3) is 2.19. The first kappa shape index (κ1) is 11.3. The van der Waals surface area contributed by atoms with Gasteiger partial charge in [0.05, 0.1) is 12.0 Å². The molecule has 0 spiro atoms. The number of piperidine rings is 1. The summed E-state index contributed by atoms with van der Waals surface area (Å²) in [4.78, 5) is 0. The monoisotopic (exact) mass is 224 g/mol. The Bertz CT molecular complexity index is 336. The fourth-order valence-electron chi connectivity index (χ4n) is 1.39. The molecule has 0 N–H and O–H groups in total. The van der Waals surface area contributed by atoms with Gasteiger partial charge in [0.2, 0.25) is 0 Å². The normalized spacial score (nSPS) is 24.9. The van der Waals surface area contributed by atoms with Gasteiger partial charge in [-0.25, -0.2) is 8.42 Å². The summed E-state index contributed by atoms with van der Waals surface area (Å²) in [5.74, 6) is -3.85. The number of nitrogens with zero attached hydrogens (tertiary/aromatic N) is 2. The van der Waals surface area contributed by atoms with Gasteiger partial charge in [-0.3, -0.25) is 0 Å². The molecule has 14 heavy (non-hydrogen) atoms. The Labute approximate surface area is 81.2 Å². The minimum Gasteiger partial charge on any atom is -0.206 e. The van der Waals surface area contributed by atoms with Gasteiger partial charge in [-0.2, -0.15) is 18.3 Å². The van der Waals surface area contributed by atoms with E-state index in [0.717, 1.165) is 0 Å². The number of rotatable bonds is 2. The third-order valence-electron chi connectivity index (χ3n) is 2.15. The van der Waals surface area contributed by atoms with E-state index in [1.165, 1.54) is 0 Å². The van der Waals surface area contributed by atoms with Crippen LogP contribution in [0, 0.1) is 17.2 Å². The van der Waals surface area contributed by atoms with Crippen molar-refractivity contribution in [3.05, 3.63) is 0 Å². The lowest BCUT2D eigenvalue weighted by Crippen LogP contribution is -2.42. The van der Waals surface area contributed by atoms with Crippen molar-refractivity contribution in [2.75, 3.05) is 13.1 Å². The molecule has 0 radical (unpaired) electrons. The van der Waals surface area contributed by atoms with Crippen molar-refractivity contribution in [2.24, 2.45) is 5.92 Å². The van der Waals surface area contributed by atoms with Gasteiger partial charge >= 0.3 is 5.76 Å². The average Bonchev–Trinajstić information content (AvgIpc) is 2.17. The van der Waals surface area contributed by atoms with E-state index in [2.05, 4.69) is 0 Å². The summed E-state index contributed by atoms with van der Waals surface area (Å²) in [7, 11) is -4.49. The van der Waals surface area contributed by atoms with E-state index in [9.17, 15) is 17.2 Å². The molecular formula is C7H10F2N2O2S. The minimum absolute atomic E-state index is 0.0881. The van der Waals surface area contributed by atoms with Crippen LogP contribution in [0.2, 0.25) is 0 Å². The number of nitriles is 1. The van der Waals surface area contributed by atoms with Gasteiger partial charge in [-0.1, -0.05) is 0 Å². The highest BCUT2D eigenvalue weighted by molar-refractivity contribution is 7.89. The smallest absolute Gasteiger partial charge is 0.206 e. The van der Waals surface area contributed by atoms with Crippen molar-refractivity contribution in [2.45, 2.75) is 18.6 Å². The Hall–Kier alpha value is -0.740. The molecule has 7 heteroatoms. The van der Waals surface area contributed by atoms with Crippen molar-refractivity contribution in [1.82, 2.24) is 4.31 Å². The zero-order valence-electron chi connectivity index (χ0n) is 7.36. The zero-order chi connectivity index (χ0) is 10.8. The predicted molar refractivity (Wildman–Crippen MR) is 44.8 cm³/mol. The van der Waals surface area contributed by atoms with E-state index in [4.69, 9.17) is 5.26 Å². The Kier molecular flexibility index (Phi) is 3.39. The number of hydrogen-bond acceptors (Lipinski definition) is 3. The Morgan fingerprint density at radius 3 is 2.64 bits per heavy atom. The summed E-state index contributed by atoms with van der Waals surface area (Å²) in [6, 6.07) is 1.89. The molecule has 0 aromatic heterocycles. The maximum atomic E-state index is 12.1. The molecule has 1 fully saturated rings. The van der Waals surface area contributed by atoms with Crippen LogP contribution >= 0.6 is 0 Å². The first-order valence-electron chi connectivity index (χ1n) is 4.15. The molecule has 1 heterocycles. The predicted octanol–water partition coefficient (Wildman–Crippen LogP) is 0.774. The van der Waals surface area contributed by atoms with Crippen LogP contribution in [0.25, 0.3) is 0 Å².